The average Bonchev–Trinajstić information content (AvgIpc) is 2.60. The Morgan fingerprint density at radius 1 is 1.12 bits per heavy atom. The highest BCUT2D eigenvalue weighted by Gasteiger charge is 2.67. The van der Waals surface area contributed by atoms with E-state index in [-0.39, 0.29) is 11.4 Å². The number of ether oxygens (including phenoxy) is 1. The third kappa shape index (κ3) is 3.93. The topological polar surface area (TPSA) is 81.6 Å². The van der Waals surface area contributed by atoms with Crippen LogP contribution < -0.4 is 15.6 Å². The molecule has 0 spiro atoms. The van der Waals surface area contributed by atoms with Crippen LogP contribution in [-0.2, 0) is 9.53 Å². The summed E-state index contributed by atoms with van der Waals surface area (Å²) in [5.41, 5.74) is -2.82. The molecule has 0 saturated carbocycles. The first kappa shape index (κ1) is 19.2. The van der Waals surface area contributed by atoms with Crippen molar-refractivity contribution >= 4 is 17.7 Å². The van der Waals surface area contributed by atoms with Crippen molar-refractivity contribution < 1.29 is 32.5 Å². The Morgan fingerprint density at radius 3 is 2.38 bits per heavy atom. The molecule has 0 radical (unpaired) electrons. The van der Waals surface area contributed by atoms with Crippen LogP contribution in [0.15, 0.2) is 48.7 Å². The molecular weight excluding hydrogens is 351 g/mol. The van der Waals surface area contributed by atoms with Crippen LogP contribution in [0.5, 0.6) is 0 Å². The Morgan fingerprint density at radius 2 is 1.85 bits per heavy atom. The zero-order chi connectivity index (χ0) is 19.4. The SMILES string of the molecule is COC(=O)[C@](NC(=O)c1cccc(C)c1)(Nc1cccc[nH+]1)C(F)(F)F. The molecule has 0 fully saturated rings. The number of halogens is 3. The first-order valence-electron chi connectivity index (χ1n) is 7.49. The van der Waals surface area contributed by atoms with Crippen LogP contribution in [0.4, 0.5) is 19.0 Å². The van der Waals surface area contributed by atoms with Crippen molar-refractivity contribution in [2.75, 3.05) is 12.4 Å². The van der Waals surface area contributed by atoms with Gasteiger partial charge in [-0.15, -0.1) is 0 Å². The van der Waals surface area contributed by atoms with Crippen molar-refractivity contribution in [3.8, 4) is 0 Å². The number of benzene rings is 1. The fourth-order valence-corrected chi connectivity index (χ4v) is 2.25. The maximum atomic E-state index is 13.9. The maximum absolute atomic E-state index is 13.9. The van der Waals surface area contributed by atoms with E-state index in [2.05, 4.69) is 9.72 Å². The highest BCUT2D eigenvalue weighted by molar-refractivity contribution is 5.99. The number of aromatic nitrogens is 1. The number of carbonyl (C=O) groups excluding carboxylic acids is 2. The second-order valence-corrected chi connectivity index (χ2v) is 5.46. The standard InChI is InChI=1S/C17H16F3N3O3/c1-11-6-5-7-12(10-11)14(24)23-16(15(25)26-2,17(18,19)20)22-13-8-3-4-9-21-13/h3-10H,1-2H3,(H,21,22)(H,23,24)/p+1/t16-/m1/s1. The molecular formula is C17H17F3N3O3+. The van der Waals surface area contributed by atoms with Crippen LogP contribution in [0.1, 0.15) is 15.9 Å². The highest BCUT2D eigenvalue weighted by atomic mass is 19.4. The maximum Gasteiger partial charge on any atom is 0.464 e. The predicted octanol–water partition coefficient (Wildman–Crippen LogP) is 2.08. The zero-order valence-electron chi connectivity index (χ0n) is 14.0. The van der Waals surface area contributed by atoms with Crippen LogP contribution in [0.3, 0.4) is 0 Å². The first-order valence-corrected chi connectivity index (χ1v) is 7.49. The number of hydrogen-bond acceptors (Lipinski definition) is 4. The summed E-state index contributed by atoms with van der Waals surface area (Å²) < 4.78 is 45.9. The van der Waals surface area contributed by atoms with E-state index in [1.807, 2.05) is 5.32 Å². The second-order valence-electron chi connectivity index (χ2n) is 5.46. The minimum Gasteiger partial charge on any atom is -0.464 e. The number of amides is 1. The largest absolute Gasteiger partial charge is 0.464 e. The molecule has 1 aromatic heterocycles. The van der Waals surface area contributed by atoms with Crippen molar-refractivity contribution in [3.05, 3.63) is 59.8 Å². The van der Waals surface area contributed by atoms with Crippen LogP contribution in [-0.4, -0.2) is 30.8 Å². The number of methoxy groups -OCH3 is 1. The van der Waals surface area contributed by atoms with Gasteiger partial charge in [0.25, 0.3) is 11.7 Å². The van der Waals surface area contributed by atoms with E-state index in [1.54, 1.807) is 24.4 Å². The van der Waals surface area contributed by atoms with E-state index in [4.69, 9.17) is 0 Å². The van der Waals surface area contributed by atoms with Crippen molar-refractivity contribution in [2.24, 2.45) is 0 Å². The lowest BCUT2D eigenvalue weighted by molar-refractivity contribution is -0.363. The molecule has 2 aromatic rings. The van der Waals surface area contributed by atoms with E-state index < -0.39 is 23.7 Å². The molecule has 1 atom stereocenters. The number of hydrogen-bond donors (Lipinski definition) is 2. The minimum absolute atomic E-state index is 0.0265. The fraction of sp³-hybridized carbons (Fsp3) is 0.235. The predicted molar refractivity (Wildman–Crippen MR) is 86.1 cm³/mol. The summed E-state index contributed by atoms with van der Waals surface area (Å²) in [5.74, 6) is -2.93. The van der Waals surface area contributed by atoms with Gasteiger partial charge in [0.1, 0.15) is 0 Å². The third-order valence-corrected chi connectivity index (χ3v) is 3.53. The van der Waals surface area contributed by atoms with Crippen LogP contribution in [0.25, 0.3) is 0 Å². The Bertz CT molecular complexity index is 797. The molecule has 1 amide bonds. The number of alkyl halides is 3. The summed E-state index contributed by atoms with van der Waals surface area (Å²) in [6.45, 7) is 1.69. The molecule has 0 saturated heterocycles. The van der Waals surface area contributed by atoms with Gasteiger partial charge in [0.05, 0.1) is 13.3 Å². The van der Waals surface area contributed by atoms with Crippen molar-refractivity contribution in [3.63, 3.8) is 0 Å². The summed E-state index contributed by atoms with van der Waals surface area (Å²) in [5, 5.41) is 3.75. The molecule has 0 aliphatic carbocycles. The number of esters is 1. The summed E-state index contributed by atoms with van der Waals surface area (Å²) in [4.78, 5) is 27.0. The molecule has 1 heterocycles. The molecule has 0 unspecified atom stereocenters. The molecule has 0 bridgehead atoms. The van der Waals surface area contributed by atoms with E-state index in [0.29, 0.717) is 5.56 Å². The third-order valence-electron chi connectivity index (χ3n) is 3.53. The molecule has 138 valence electrons. The fourth-order valence-electron chi connectivity index (χ4n) is 2.25. The van der Waals surface area contributed by atoms with Crippen LogP contribution >= 0.6 is 0 Å². The molecule has 2 rings (SSSR count). The summed E-state index contributed by atoms with van der Waals surface area (Å²) in [7, 11) is 0.804. The van der Waals surface area contributed by atoms with Gasteiger partial charge in [-0.05, 0) is 25.1 Å². The Hall–Kier alpha value is -3.10. The van der Waals surface area contributed by atoms with Gasteiger partial charge in [0.2, 0.25) is 0 Å². The van der Waals surface area contributed by atoms with E-state index in [0.717, 1.165) is 7.11 Å². The lowest BCUT2D eigenvalue weighted by Crippen LogP contribution is -2.69. The number of carbonyl (C=O) groups is 2. The van der Waals surface area contributed by atoms with Gasteiger partial charge < -0.3 is 4.74 Å². The van der Waals surface area contributed by atoms with E-state index >= 15 is 0 Å². The molecule has 0 aliphatic heterocycles. The summed E-state index contributed by atoms with van der Waals surface area (Å²) >= 11 is 0. The molecule has 0 aliphatic rings. The van der Waals surface area contributed by atoms with Crippen LogP contribution in [0.2, 0.25) is 0 Å². The van der Waals surface area contributed by atoms with Crippen LogP contribution in [0, 0.1) is 6.92 Å². The van der Waals surface area contributed by atoms with Gasteiger partial charge >= 0.3 is 17.8 Å². The Kier molecular flexibility index (Phi) is 5.49. The molecule has 1 aromatic carbocycles. The highest BCUT2D eigenvalue weighted by Crippen LogP contribution is 2.32. The van der Waals surface area contributed by atoms with Crippen molar-refractivity contribution in [2.45, 2.75) is 18.8 Å². The quantitative estimate of drug-likeness (QED) is 0.625. The molecule has 6 nitrogen and oxygen atoms in total. The van der Waals surface area contributed by atoms with Gasteiger partial charge in [-0.25, -0.2) is 15.1 Å². The van der Waals surface area contributed by atoms with Gasteiger partial charge in [-0.1, -0.05) is 23.8 Å². The molecule has 3 N–H and O–H groups in total. The number of H-pyrrole nitrogens is 1. The minimum atomic E-state index is -5.19. The Balaban J connectivity index is 2.48. The van der Waals surface area contributed by atoms with E-state index in [9.17, 15) is 22.8 Å². The number of rotatable bonds is 5. The average molecular weight is 368 g/mol. The first-order chi connectivity index (χ1) is 12.2. The summed E-state index contributed by atoms with van der Waals surface area (Å²) in [6.07, 6.45) is -3.83. The second kappa shape index (κ2) is 7.42. The molecule has 26 heavy (non-hydrogen) atoms. The monoisotopic (exact) mass is 368 g/mol. The van der Waals surface area contributed by atoms with Gasteiger partial charge in [-0.2, -0.15) is 13.2 Å². The smallest absolute Gasteiger partial charge is 0.464 e. The molecule has 9 heteroatoms. The van der Waals surface area contributed by atoms with Crippen molar-refractivity contribution in [1.82, 2.24) is 5.32 Å². The number of anilines is 1. The normalized spacial score (nSPS) is 13.4. The van der Waals surface area contributed by atoms with Gasteiger partial charge in [-0.3, -0.25) is 10.1 Å². The zero-order valence-corrected chi connectivity index (χ0v) is 14.0. The number of pyridine rings is 1. The van der Waals surface area contributed by atoms with Crippen molar-refractivity contribution in [1.29, 1.82) is 0 Å². The Labute approximate surface area is 147 Å². The number of nitrogens with one attached hydrogen (secondary N) is 3. The number of aryl methyl sites for hydroxylation is 1. The lowest BCUT2D eigenvalue weighted by atomic mass is 10.1. The summed E-state index contributed by atoms with van der Waals surface area (Å²) in [6, 6.07) is 10.2. The van der Waals surface area contributed by atoms with E-state index in [1.165, 1.54) is 36.5 Å². The van der Waals surface area contributed by atoms with Gasteiger partial charge in [0.15, 0.2) is 0 Å². The number of aromatic amines is 1. The van der Waals surface area contributed by atoms with Gasteiger partial charge in [0, 0.05) is 11.6 Å². The lowest BCUT2D eigenvalue weighted by Gasteiger charge is -2.30.